The quantitative estimate of drug-likeness (QED) is 0.784. The minimum Gasteiger partial charge on any atom is -0.377 e. The molecule has 1 N–H and O–H groups in total. The molecule has 0 fully saturated rings. The number of hydrogen-bond acceptors (Lipinski definition) is 5. The number of methoxy groups -OCH3 is 1. The van der Waals surface area contributed by atoms with Gasteiger partial charge in [0, 0.05) is 18.9 Å². The van der Waals surface area contributed by atoms with E-state index in [1.165, 1.54) is 10.7 Å². The summed E-state index contributed by atoms with van der Waals surface area (Å²) in [5, 5.41) is 7.31. The first kappa shape index (κ1) is 15.1. The van der Waals surface area contributed by atoms with E-state index >= 15 is 0 Å². The highest BCUT2D eigenvalue weighted by Crippen LogP contribution is 2.18. The Kier molecular flexibility index (Phi) is 4.29. The number of hydrogen-bond donors (Lipinski definition) is 1. The summed E-state index contributed by atoms with van der Waals surface area (Å²) in [6, 6.07) is 8.28. The van der Waals surface area contributed by atoms with E-state index in [1.807, 2.05) is 13.0 Å². The SMILES string of the molecule is COCc1nc(C)cc(Nc2cnn(-c3ccccc3F)c2)n1. The van der Waals surface area contributed by atoms with Gasteiger partial charge in [-0.15, -0.1) is 0 Å². The molecule has 0 saturated heterocycles. The van der Waals surface area contributed by atoms with Gasteiger partial charge in [-0.05, 0) is 19.1 Å². The molecule has 0 saturated carbocycles. The van der Waals surface area contributed by atoms with Crippen LogP contribution in [-0.4, -0.2) is 26.9 Å². The van der Waals surface area contributed by atoms with Crippen LogP contribution in [0, 0.1) is 12.7 Å². The van der Waals surface area contributed by atoms with Gasteiger partial charge >= 0.3 is 0 Å². The lowest BCUT2D eigenvalue weighted by atomic mass is 10.3. The third-order valence-corrected chi connectivity index (χ3v) is 3.13. The van der Waals surface area contributed by atoms with Crippen LogP contribution in [-0.2, 0) is 11.3 Å². The number of ether oxygens (including phenoxy) is 1. The second kappa shape index (κ2) is 6.53. The molecule has 0 aliphatic rings. The van der Waals surface area contributed by atoms with E-state index in [0.29, 0.717) is 29.6 Å². The van der Waals surface area contributed by atoms with Gasteiger partial charge in [-0.1, -0.05) is 12.1 Å². The highest BCUT2D eigenvalue weighted by molar-refractivity contribution is 5.55. The van der Waals surface area contributed by atoms with Crippen molar-refractivity contribution < 1.29 is 9.13 Å². The molecule has 0 radical (unpaired) electrons. The van der Waals surface area contributed by atoms with E-state index in [4.69, 9.17) is 4.74 Å². The van der Waals surface area contributed by atoms with Gasteiger partial charge < -0.3 is 10.1 Å². The van der Waals surface area contributed by atoms with Crippen LogP contribution in [0.15, 0.2) is 42.7 Å². The summed E-state index contributed by atoms with van der Waals surface area (Å²) in [6.07, 6.45) is 3.31. The molecule has 0 bridgehead atoms. The lowest BCUT2D eigenvalue weighted by Crippen LogP contribution is -2.02. The van der Waals surface area contributed by atoms with Gasteiger partial charge in [0.15, 0.2) is 5.82 Å². The Morgan fingerprint density at radius 2 is 2.09 bits per heavy atom. The summed E-state index contributed by atoms with van der Waals surface area (Å²) < 4.78 is 20.3. The molecular weight excluding hydrogens is 297 g/mol. The monoisotopic (exact) mass is 313 g/mol. The summed E-state index contributed by atoms with van der Waals surface area (Å²) >= 11 is 0. The Bertz CT molecular complexity index is 818. The highest BCUT2D eigenvalue weighted by Gasteiger charge is 2.07. The third kappa shape index (κ3) is 3.51. The molecule has 0 unspecified atom stereocenters. The molecule has 2 aromatic heterocycles. The zero-order valence-electron chi connectivity index (χ0n) is 12.8. The molecule has 0 aliphatic carbocycles. The van der Waals surface area contributed by atoms with Crippen LogP contribution in [0.3, 0.4) is 0 Å². The lowest BCUT2D eigenvalue weighted by molar-refractivity contribution is 0.177. The van der Waals surface area contributed by atoms with Crippen molar-refractivity contribution in [2.24, 2.45) is 0 Å². The normalized spacial score (nSPS) is 10.7. The molecule has 23 heavy (non-hydrogen) atoms. The summed E-state index contributed by atoms with van der Waals surface area (Å²) in [5.41, 5.74) is 1.92. The molecule has 0 amide bonds. The standard InChI is InChI=1S/C16H16FN5O/c1-11-7-15(21-16(19-11)10-23-2)20-12-8-18-22(9-12)14-6-4-3-5-13(14)17/h3-9H,10H2,1-2H3,(H,19,20,21). The maximum absolute atomic E-state index is 13.8. The van der Waals surface area contributed by atoms with Gasteiger partial charge in [0.05, 0.1) is 18.1 Å². The Morgan fingerprint density at radius 3 is 2.87 bits per heavy atom. The van der Waals surface area contributed by atoms with Crippen molar-refractivity contribution in [3.63, 3.8) is 0 Å². The van der Waals surface area contributed by atoms with Gasteiger partial charge in [0.2, 0.25) is 0 Å². The summed E-state index contributed by atoms with van der Waals surface area (Å²) in [4.78, 5) is 8.64. The van der Waals surface area contributed by atoms with Gasteiger partial charge in [-0.25, -0.2) is 19.0 Å². The maximum atomic E-state index is 13.8. The smallest absolute Gasteiger partial charge is 0.156 e. The van der Waals surface area contributed by atoms with Gasteiger partial charge in [-0.3, -0.25) is 0 Å². The topological polar surface area (TPSA) is 64.9 Å². The van der Waals surface area contributed by atoms with Crippen molar-refractivity contribution >= 4 is 11.5 Å². The first-order valence-corrected chi connectivity index (χ1v) is 7.06. The first-order valence-electron chi connectivity index (χ1n) is 7.06. The van der Waals surface area contributed by atoms with Crippen molar-refractivity contribution in [2.75, 3.05) is 12.4 Å². The predicted octanol–water partition coefficient (Wildman–Crippen LogP) is 3.00. The highest BCUT2D eigenvalue weighted by atomic mass is 19.1. The molecule has 7 heteroatoms. The number of anilines is 2. The number of rotatable bonds is 5. The Morgan fingerprint density at radius 1 is 1.26 bits per heavy atom. The lowest BCUT2D eigenvalue weighted by Gasteiger charge is -2.06. The van der Waals surface area contributed by atoms with E-state index in [2.05, 4.69) is 20.4 Å². The summed E-state index contributed by atoms with van der Waals surface area (Å²) in [5.74, 6) is 0.900. The molecule has 0 spiro atoms. The Labute approximate surface area is 133 Å². The van der Waals surface area contributed by atoms with Gasteiger partial charge in [0.1, 0.15) is 23.9 Å². The second-order valence-electron chi connectivity index (χ2n) is 4.99. The van der Waals surface area contributed by atoms with Crippen LogP contribution >= 0.6 is 0 Å². The maximum Gasteiger partial charge on any atom is 0.156 e. The molecule has 3 aromatic rings. The average molecular weight is 313 g/mol. The molecule has 2 heterocycles. The van der Waals surface area contributed by atoms with Crippen LogP contribution in [0.2, 0.25) is 0 Å². The van der Waals surface area contributed by atoms with Crippen molar-refractivity contribution in [2.45, 2.75) is 13.5 Å². The fraction of sp³-hybridized carbons (Fsp3) is 0.188. The largest absolute Gasteiger partial charge is 0.377 e. The van der Waals surface area contributed by atoms with Gasteiger partial charge in [-0.2, -0.15) is 5.10 Å². The van der Waals surface area contributed by atoms with Crippen LogP contribution in [0.4, 0.5) is 15.9 Å². The Balaban J connectivity index is 1.83. The molecule has 0 aliphatic heterocycles. The number of halogens is 1. The molecule has 0 atom stereocenters. The van der Waals surface area contributed by atoms with Gasteiger partial charge in [0.25, 0.3) is 0 Å². The van der Waals surface area contributed by atoms with E-state index in [9.17, 15) is 4.39 Å². The van der Waals surface area contributed by atoms with Crippen molar-refractivity contribution in [3.05, 3.63) is 60.1 Å². The summed E-state index contributed by atoms with van der Waals surface area (Å²) in [7, 11) is 1.59. The predicted molar refractivity (Wildman–Crippen MR) is 84.3 cm³/mol. The second-order valence-corrected chi connectivity index (χ2v) is 4.99. The minimum atomic E-state index is -0.331. The first-order chi connectivity index (χ1) is 11.2. The molecule has 1 aromatic carbocycles. The Hall–Kier alpha value is -2.80. The fourth-order valence-electron chi connectivity index (χ4n) is 2.19. The average Bonchev–Trinajstić information content (AvgIpc) is 2.95. The zero-order valence-corrected chi connectivity index (χ0v) is 12.8. The van der Waals surface area contributed by atoms with E-state index in [1.54, 1.807) is 37.7 Å². The zero-order chi connectivity index (χ0) is 16.2. The van der Waals surface area contributed by atoms with E-state index in [-0.39, 0.29) is 5.82 Å². The van der Waals surface area contributed by atoms with Crippen LogP contribution in [0.5, 0.6) is 0 Å². The number of nitrogens with zero attached hydrogens (tertiary/aromatic N) is 4. The number of aromatic nitrogens is 4. The van der Waals surface area contributed by atoms with Crippen molar-refractivity contribution in [1.82, 2.24) is 19.7 Å². The van der Waals surface area contributed by atoms with Crippen molar-refractivity contribution in [1.29, 1.82) is 0 Å². The molecule has 6 nitrogen and oxygen atoms in total. The number of nitrogens with one attached hydrogen (secondary N) is 1. The molecular formula is C16H16FN5O. The van der Waals surface area contributed by atoms with E-state index in [0.717, 1.165) is 5.69 Å². The third-order valence-electron chi connectivity index (χ3n) is 3.13. The minimum absolute atomic E-state index is 0.331. The fourth-order valence-corrected chi connectivity index (χ4v) is 2.19. The van der Waals surface area contributed by atoms with E-state index < -0.39 is 0 Å². The van der Waals surface area contributed by atoms with Crippen LogP contribution in [0.1, 0.15) is 11.5 Å². The van der Waals surface area contributed by atoms with Crippen LogP contribution < -0.4 is 5.32 Å². The van der Waals surface area contributed by atoms with Crippen molar-refractivity contribution in [3.8, 4) is 5.69 Å². The number of benzene rings is 1. The summed E-state index contributed by atoms with van der Waals surface area (Å²) in [6.45, 7) is 2.22. The number of para-hydroxylation sites is 1. The molecule has 118 valence electrons. The molecule has 3 rings (SSSR count). The van der Waals surface area contributed by atoms with Crippen LogP contribution in [0.25, 0.3) is 5.69 Å². The number of aryl methyl sites for hydroxylation is 1.